The van der Waals surface area contributed by atoms with Crippen molar-refractivity contribution in [2.45, 2.75) is 0 Å². The maximum absolute atomic E-state index is 13.6. The van der Waals surface area contributed by atoms with Crippen molar-refractivity contribution in [3.05, 3.63) is 101 Å². The summed E-state index contributed by atoms with van der Waals surface area (Å²) in [5.41, 5.74) is 3.33. The molecule has 1 saturated heterocycles. The highest BCUT2D eigenvalue weighted by Gasteiger charge is 2.26. The van der Waals surface area contributed by atoms with E-state index in [1.807, 2.05) is 70.9 Å². The van der Waals surface area contributed by atoms with Gasteiger partial charge in [0.05, 0.1) is 10.6 Å². The SMILES string of the molecule is O=C(c1cc(-c2cccs2)nn1-c1cccc(Cl)c1)N1CCN(C/C=C/c2ccccc2)CC1. The summed E-state index contributed by atoms with van der Waals surface area (Å²) < 4.78 is 1.72. The van der Waals surface area contributed by atoms with Gasteiger partial charge in [-0.1, -0.05) is 66.2 Å². The Morgan fingerprint density at radius 3 is 2.53 bits per heavy atom. The minimum Gasteiger partial charge on any atom is -0.335 e. The van der Waals surface area contributed by atoms with Gasteiger partial charge in [-0.3, -0.25) is 9.69 Å². The van der Waals surface area contributed by atoms with Gasteiger partial charge in [-0.25, -0.2) is 4.68 Å². The fourth-order valence-corrected chi connectivity index (χ4v) is 4.95. The Morgan fingerprint density at radius 1 is 0.971 bits per heavy atom. The van der Waals surface area contributed by atoms with Crippen molar-refractivity contribution in [3.8, 4) is 16.3 Å². The van der Waals surface area contributed by atoms with Crippen molar-refractivity contribution < 1.29 is 4.79 Å². The summed E-state index contributed by atoms with van der Waals surface area (Å²) in [4.78, 5) is 18.9. The minimum atomic E-state index is -0.00485. The van der Waals surface area contributed by atoms with Crippen LogP contribution < -0.4 is 0 Å². The van der Waals surface area contributed by atoms with Crippen LogP contribution in [0.25, 0.3) is 22.3 Å². The third-order valence-corrected chi connectivity index (χ3v) is 7.02. The molecule has 34 heavy (non-hydrogen) atoms. The van der Waals surface area contributed by atoms with Crippen LogP contribution in [0.3, 0.4) is 0 Å². The zero-order valence-corrected chi connectivity index (χ0v) is 20.3. The number of hydrogen-bond acceptors (Lipinski definition) is 4. The summed E-state index contributed by atoms with van der Waals surface area (Å²) in [5.74, 6) is -0.00485. The van der Waals surface area contributed by atoms with E-state index in [2.05, 4.69) is 29.2 Å². The van der Waals surface area contributed by atoms with Gasteiger partial charge >= 0.3 is 0 Å². The van der Waals surface area contributed by atoms with Crippen molar-refractivity contribution >= 4 is 34.9 Å². The first-order chi connectivity index (χ1) is 16.7. The molecular weight excluding hydrogens is 464 g/mol. The average Bonchev–Trinajstić information content (AvgIpc) is 3.55. The molecule has 1 aliphatic rings. The van der Waals surface area contributed by atoms with Crippen LogP contribution in [0, 0.1) is 0 Å². The lowest BCUT2D eigenvalue weighted by Gasteiger charge is -2.34. The van der Waals surface area contributed by atoms with Crippen LogP contribution in [0.1, 0.15) is 16.1 Å². The molecule has 4 aromatic rings. The molecule has 0 saturated carbocycles. The Morgan fingerprint density at radius 2 is 1.79 bits per heavy atom. The van der Waals surface area contributed by atoms with E-state index in [0.29, 0.717) is 23.8 Å². The van der Waals surface area contributed by atoms with Crippen molar-refractivity contribution in [2.75, 3.05) is 32.7 Å². The van der Waals surface area contributed by atoms with Gasteiger partial charge in [-0.05, 0) is 41.3 Å². The zero-order chi connectivity index (χ0) is 23.3. The van der Waals surface area contributed by atoms with Crippen LogP contribution in [0.2, 0.25) is 5.02 Å². The second kappa shape index (κ2) is 10.4. The van der Waals surface area contributed by atoms with Crippen LogP contribution in [-0.4, -0.2) is 58.2 Å². The summed E-state index contributed by atoms with van der Waals surface area (Å²) in [6.45, 7) is 3.93. The van der Waals surface area contributed by atoms with Crippen LogP contribution >= 0.6 is 22.9 Å². The van der Waals surface area contributed by atoms with E-state index in [1.165, 1.54) is 5.56 Å². The van der Waals surface area contributed by atoms with E-state index in [1.54, 1.807) is 16.0 Å². The summed E-state index contributed by atoms with van der Waals surface area (Å²) >= 11 is 7.84. The highest BCUT2D eigenvalue weighted by Crippen LogP contribution is 2.27. The first-order valence-corrected chi connectivity index (χ1v) is 12.6. The maximum Gasteiger partial charge on any atom is 0.272 e. The van der Waals surface area contributed by atoms with Gasteiger partial charge in [0.2, 0.25) is 0 Å². The number of benzene rings is 2. The summed E-state index contributed by atoms with van der Waals surface area (Å²) in [5, 5.41) is 7.39. The number of aromatic nitrogens is 2. The third-order valence-electron chi connectivity index (χ3n) is 5.89. The molecule has 1 fully saturated rings. The van der Waals surface area contributed by atoms with Crippen LogP contribution in [0.4, 0.5) is 0 Å². The molecule has 2 aromatic heterocycles. The molecule has 1 amide bonds. The lowest BCUT2D eigenvalue weighted by Crippen LogP contribution is -2.49. The molecule has 0 spiro atoms. The van der Waals surface area contributed by atoms with E-state index in [0.717, 1.165) is 35.9 Å². The van der Waals surface area contributed by atoms with Gasteiger partial charge in [0, 0.05) is 37.7 Å². The molecule has 5 rings (SSSR count). The number of nitrogens with zero attached hydrogens (tertiary/aromatic N) is 4. The van der Waals surface area contributed by atoms with Gasteiger partial charge in [-0.15, -0.1) is 11.3 Å². The maximum atomic E-state index is 13.6. The molecule has 172 valence electrons. The third kappa shape index (κ3) is 5.14. The zero-order valence-electron chi connectivity index (χ0n) is 18.7. The predicted octanol–water partition coefficient (Wildman–Crippen LogP) is 5.73. The average molecular weight is 489 g/mol. The van der Waals surface area contributed by atoms with Crippen molar-refractivity contribution in [1.82, 2.24) is 19.6 Å². The molecule has 0 atom stereocenters. The highest BCUT2D eigenvalue weighted by atomic mass is 35.5. The van der Waals surface area contributed by atoms with Crippen molar-refractivity contribution in [3.63, 3.8) is 0 Å². The molecule has 7 heteroatoms. The van der Waals surface area contributed by atoms with Gasteiger partial charge in [0.15, 0.2) is 0 Å². The summed E-state index contributed by atoms with van der Waals surface area (Å²) in [6.07, 6.45) is 4.33. The minimum absolute atomic E-state index is 0.00485. The topological polar surface area (TPSA) is 41.4 Å². The predicted molar refractivity (Wildman–Crippen MR) is 140 cm³/mol. The summed E-state index contributed by atoms with van der Waals surface area (Å²) in [6, 6.07) is 23.7. The van der Waals surface area contributed by atoms with E-state index in [4.69, 9.17) is 16.7 Å². The summed E-state index contributed by atoms with van der Waals surface area (Å²) in [7, 11) is 0. The normalized spacial score (nSPS) is 14.7. The van der Waals surface area contributed by atoms with Gasteiger partial charge in [-0.2, -0.15) is 5.10 Å². The highest BCUT2D eigenvalue weighted by molar-refractivity contribution is 7.13. The van der Waals surface area contributed by atoms with Crippen molar-refractivity contribution in [1.29, 1.82) is 0 Å². The largest absolute Gasteiger partial charge is 0.335 e. The Kier molecular flexibility index (Phi) is 6.90. The number of rotatable bonds is 6. The van der Waals surface area contributed by atoms with Crippen LogP contribution in [0.5, 0.6) is 0 Å². The molecule has 5 nitrogen and oxygen atoms in total. The Labute approximate surface area is 208 Å². The number of thiophene rings is 1. The quantitative estimate of drug-likeness (QED) is 0.348. The van der Waals surface area contributed by atoms with E-state index >= 15 is 0 Å². The Balaban J connectivity index is 1.30. The molecule has 1 aliphatic heterocycles. The van der Waals surface area contributed by atoms with Crippen molar-refractivity contribution in [2.24, 2.45) is 0 Å². The van der Waals surface area contributed by atoms with E-state index < -0.39 is 0 Å². The van der Waals surface area contributed by atoms with Gasteiger partial charge in [0.25, 0.3) is 5.91 Å². The standard InChI is InChI=1S/C27H25ClN4OS/c28-22-10-4-11-23(19-22)32-25(20-24(29-32)26-12-6-18-34-26)27(33)31-16-14-30(15-17-31)13-5-9-21-7-2-1-3-8-21/h1-12,18-20H,13-17H2/b9-5+. The number of halogens is 1. The lowest BCUT2D eigenvalue weighted by molar-refractivity contribution is 0.0641. The number of amides is 1. The second-order valence-electron chi connectivity index (χ2n) is 8.19. The number of carbonyl (C=O) groups is 1. The molecule has 0 aliphatic carbocycles. The van der Waals surface area contributed by atoms with Gasteiger partial charge in [0.1, 0.15) is 11.4 Å². The molecule has 3 heterocycles. The van der Waals surface area contributed by atoms with Crippen LogP contribution in [-0.2, 0) is 0 Å². The number of carbonyl (C=O) groups excluding carboxylic acids is 1. The first-order valence-electron chi connectivity index (χ1n) is 11.3. The van der Waals surface area contributed by atoms with E-state index in [9.17, 15) is 4.79 Å². The fourth-order valence-electron chi connectivity index (χ4n) is 4.08. The fraction of sp³-hybridized carbons (Fsp3) is 0.185. The second-order valence-corrected chi connectivity index (χ2v) is 9.57. The van der Waals surface area contributed by atoms with Crippen LogP contribution in [0.15, 0.2) is 84.3 Å². The molecule has 0 bridgehead atoms. The Bertz CT molecular complexity index is 1280. The van der Waals surface area contributed by atoms with E-state index in [-0.39, 0.29) is 5.91 Å². The first kappa shape index (κ1) is 22.6. The molecule has 0 unspecified atom stereocenters. The number of piperazine rings is 1. The molecule has 0 N–H and O–H groups in total. The molecule has 2 aromatic carbocycles. The monoisotopic (exact) mass is 488 g/mol. The lowest BCUT2D eigenvalue weighted by atomic mass is 10.2. The van der Waals surface area contributed by atoms with Gasteiger partial charge < -0.3 is 4.90 Å². The smallest absolute Gasteiger partial charge is 0.272 e. The molecule has 0 radical (unpaired) electrons. The molecular formula is C27H25ClN4OS. The number of hydrogen-bond donors (Lipinski definition) is 0. The Hall–Kier alpha value is -3.19.